The van der Waals surface area contributed by atoms with E-state index in [0.717, 1.165) is 31.5 Å². The quantitative estimate of drug-likeness (QED) is 0.364. The highest BCUT2D eigenvalue weighted by molar-refractivity contribution is 14.0. The molecule has 1 aliphatic heterocycles. The molecule has 24 heavy (non-hydrogen) atoms. The number of nitrogens with one attached hydrogen (secondary N) is 1. The third-order valence-corrected chi connectivity index (χ3v) is 5.75. The topological polar surface area (TPSA) is 30.9 Å². The summed E-state index contributed by atoms with van der Waals surface area (Å²) >= 11 is 0. The molecule has 0 spiro atoms. The molecule has 1 saturated heterocycles. The Morgan fingerprint density at radius 3 is 2.46 bits per heavy atom. The standard InChI is InChI=1S/C19H38N4.HI/c1-5-20-18(21-16-19(4)11-8-9-12-19)23-13-10-17(15-23)14-22(6-2)7-3;/h17H,5-16H2,1-4H3,(H,20,21);1H. The maximum Gasteiger partial charge on any atom is 0.193 e. The van der Waals surface area contributed by atoms with Gasteiger partial charge in [0.05, 0.1) is 0 Å². The molecule has 0 aromatic rings. The minimum Gasteiger partial charge on any atom is -0.357 e. The number of hydrogen-bond donors (Lipinski definition) is 1. The molecule has 0 aromatic heterocycles. The molecular formula is C19H39IN4. The predicted octanol–water partition coefficient (Wildman–Crippen LogP) is 3.81. The number of likely N-dealkylation sites (tertiary alicyclic amines) is 1. The lowest BCUT2D eigenvalue weighted by Gasteiger charge is -2.26. The number of nitrogens with zero attached hydrogens (tertiary/aromatic N) is 3. The van der Waals surface area contributed by atoms with Crippen molar-refractivity contribution in [1.29, 1.82) is 0 Å². The van der Waals surface area contributed by atoms with E-state index >= 15 is 0 Å². The number of aliphatic imine (C=N–C) groups is 1. The average Bonchev–Trinajstić information content (AvgIpc) is 3.19. The second-order valence-electron chi connectivity index (χ2n) is 7.77. The summed E-state index contributed by atoms with van der Waals surface area (Å²) < 4.78 is 0. The lowest BCUT2D eigenvalue weighted by Crippen LogP contribution is -2.41. The van der Waals surface area contributed by atoms with E-state index in [9.17, 15) is 0 Å². The molecule has 5 heteroatoms. The summed E-state index contributed by atoms with van der Waals surface area (Å²) in [7, 11) is 0. The van der Waals surface area contributed by atoms with Crippen molar-refractivity contribution < 1.29 is 0 Å². The fraction of sp³-hybridized carbons (Fsp3) is 0.947. The van der Waals surface area contributed by atoms with Gasteiger partial charge in [0.1, 0.15) is 0 Å². The molecule has 1 unspecified atom stereocenters. The third kappa shape index (κ3) is 6.36. The Morgan fingerprint density at radius 1 is 1.21 bits per heavy atom. The lowest BCUT2D eigenvalue weighted by atomic mass is 9.89. The van der Waals surface area contributed by atoms with Crippen molar-refractivity contribution in [3.8, 4) is 0 Å². The van der Waals surface area contributed by atoms with Crippen LogP contribution in [0.4, 0.5) is 0 Å². The molecule has 1 heterocycles. The van der Waals surface area contributed by atoms with Gasteiger partial charge in [-0.2, -0.15) is 0 Å². The van der Waals surface area contributed by atoms with E-state index in [-0.39, 0.29) is 24.0 Å². The second-order valence-corrected chi connectivity index (χ2v) is 7.77. The highest BCUT2D eigenvalue weighted by atomic mass is 127. The van der Waals surface area contributed by atoms with Crippen LogP contribution in [0.5, 0.6) is 0 Å². The van der Waals surface area contributed by atoms with Gasteiger partial charge in [-0.3, -0.25) is 4.99 Å². The first-order chi connectivity index (χ1) is 11.1. The Kier molecular flexibility index (Phi) is 9.94. The van der Waals surface area contributed by atoms with Crippen LogP contribution in [0.2, 0.25) is 0 Å². The van der Waals surface area contributed by atoms with Crippen molar-refractivity contribution >= 4 is 29.9 Å². The number of guanidine groups is 1. The molecule has 142 valence electrons. The molecule has 1 aliphatic carbocycles. The average molecular weight is 450 g/mol. The van der Waals surface area contributed by atoms with Gasteiger partial charge in [0.25, 0.3) is 0 Å². The fourth-order valence-corrected chi connectivity index (χ4v) is 4.10. The van der Waals surface area contributed by atoms with Crippen LogP contribution in [0.25, 0.3) is 0 Å². The van der Waals surface area contributed by atoms with E-state index in [2.05, 4.69) is 42.8 Å². The smallest absolute Gasteiger partial charge is 0.193 e. The molecular weight excluding hydrogens is 411 g/mol. The van der Waals surface area contributed by atoms with Crippen LogP contribution < -0.4 is 5.32 Å². The van der Waals surface area contributed by atoms with E-state index in [1.807, 2.05) is 0 Å². The molecule has 1 N–H and O–H groups in total. The van der Waals surface area contributed by atoms with Crippen LogP contribution in [-0.2, 0) is 0 Å². The molecule has 4 nitrogen and oxygen atoms in total. The summed E-state index contributed by atoms with van der Waals surface area (Å²) in [5.74, 6) is 1.95. The van der Waals surface area contributed by atoms with Gasteiger partial charge in [-0.05, 0) is 50.6 Å². The van der Waals surface area contributed by atoms with Crippen LogP contribution in [0.1, 0.15) is 59.8 Å². The summed E-state index contributed by atoms with van der Waals surface area (Å²) in [5.41, 5.74) is 0.445. The van der Waals surface area contributed by atoms with Gasteiger partial charge in [0.2, 0.25) is 0 Å². The first-order valence-corrected chi connectivity index (χ1v) is 9.85. The molecule has 1 atom stereocenters. The SMILES string of the molecule is CCNC(=NCC1(C)CCCC1)N1CCC(CN(CC)CC)C1.I. The Morgan fingerprint density at radius 2 is 1.88 bits per heavy atom. The van der Waals surface area contributed by atoms with Crippen LogP contribution in [0, 0.1) is 11.3 Å². The minimum atomic E-state index is 0. The third-order valence-electron chi connectivity index (χ3n) is 5.75. The van der Waals surface area contributed by atoms with Crippen molar-refractivity contribution in [2.45, 2.75) is 59.8 Å². The molecule has 2 aliphatic rings. The number of halogens is 1. The normalized spacial score (nSPS) is 23.6. The van der Waals surface area contributed by atoms with Gasteiger partial charge in [0.15, 0.2) is 5.96 Å². The number of rotatable bonds is 7. The Balaban J connectivity index is 0.00000288. The maximum absolute atomic E-state index is 5.02. The summed E-state index contributed by atoms with van der Waals surface area (Å²) in [4.78, 5) is 10.1. The zero-order valence-electron chi connectivity index (χ0n) is 16.3. The Hall–Kier alpha value is -0.0400. The number of hydrogen-bond acceptors (Lipinski definition) is 2. The van der Waals surface area contributed by atoms with Crippen molar-refractivity contribution in [3.63, 3.8) is 0 Å². The van der Waals surface area contributed by atoms with Crippen molar-refractivity contribution in [2.75, 3.05) is 45.8 Å². The first kappa shape index (κ1) is 22.0. The summed E-state index contributed by atoms with van der Waals surface area (Å²) in [6.45, 7) is 17.0. The molecule has 0 bridgehead atoms. The van der Waals surface area contributed by atoms with Crippen LogP contribution in [-0.4, -0.2) is 61.6 Å². The second kappa shape index (κ2) is 10.8. The summed E-state index contributed by atoms with van der Waals surface area (Å²) in [5, 5.41) is 3.53. The van der Waals surface area contributed by atoms with E-state index in [1.165, 1.54) is 58.3 Å². The van der Waals surface area contributed by atoms with E-state index in [0.29, 0.717) is 5.41 Å². The van der Waals surface area contributed by atoms with Gasteiger partial charge < -0.3 is 15.1 Å². The predicted molar refractivity (Wildman–Crippen MR) is 115 cm³/mol. The van der Waals surface area contributed by atoms with Gasteiger partial charge in [-0.15, -0.1) is 24.0 Å². The highest BCUT2D eigenvalue weighted by Crippen LogP contribution is 2.37. The van der Waals surface area contributed by atoms with Gasteiger partial charge in [-0.25, -0.2) is 0 Å². The van der Waals surface area contributed by atoms with Crippen LogP contribution >= 0.6 is 24.0 Å². The van der Waals surface area contributed by atoms with Crippen molar-refractivity contribution in [1.82, 2.24) is 15.1 Å². The van der Waals surface area contributed by atoms with Gasteiger partial charge >= 0.3 is 0 Å². The molecule has 2 fully saturated rings. The van der Waals surface area contributed by atoms with E-state index in [1.54, 1.807) is 0 Å². The highest BCUT2D eigenvalue weighted by Gasteiger charge is 2.30. The Labute approximate surface area is 166 Å². The zero-order chi connectivity index (χ0) is 16.7. The van der Waals surface area contributed by atoms with Crippen molar-refractivity contribution in [3.05, 3.63) is 0 Å². The lowest BCUT2D eigenvalue weighted by molar-refractivity contribution is 0.255. The zero-order valence-corrected chi connectivity index (χ0v) is 18.6. The largest absolute Gasteiger partial charge is 0.357 e. The Bertz CT molecular complexity index is 376. The minimum absolute atomic E-state index is 0. The molecule has 0 radical (unpaired) electrons. The van der Waals surface area contributed by atoms with Gasteiger partial charge in [-0.1, -0.05) is 33.6 Å². The van der Waals surface area contributed by atoms with Crippen LogP contribution in [0.15, 0.2) is 4.99 Å². The monoisotopic (exact) mass is 450 g/mol. The van der Waals surface area contributed by atoms with E-state index < -0.39 is 0 Å². The summed E-state index contributed by atoms with van der Waals surface area (Å²) in [6.07, 6.45) is 6.77. The van der Waals surface area contributed by atoms with E-state index in [4.69, 9.17) is 4.99 Å². The fourth-order valence-electron chi connectivity index (χ4n) is 4.10. The first-order valence-electron chi connectivity index (χ1n) is 9.85. The van der Waals surface area contributed by atoms with Gasteiger partial charge in [0, 0.05) is 32.7 Å². The summed E-state index contributed by atoms with van der Waals surface area (Å²) in [6, 6.07) is 0. The molecule has 0 amide bonds. The molecule has 2 rings (SSSR count). The molecule has 0 aromatic carbocycles. The van der Waals surface area contributed by atoms with Crippen LogP contribution in [0.3, 0.4) is 0 Å². The molecule has 1 saturated carbocycles. The van der Waals surface area contributed by atoms with Crippen molar-refractivity contribution in [2.24, 2.45) is 16.3 Å². The maximum atomic E-state index is 5.02.